The van der Waals surface area contributed by atoms with Crippen molar-refractivity contribution in [3.63, 3.8) is 0 Å². The van der Waals surface area contributed by atoms with Gasteiger partial charge in [-0.3, -0.25) is 14.5 Å². The molecule has 2 rings (SSSR count). The lowest BCUT2D eigenvalue weighted by molar-refractivity contribution is -0.123. The van der Waals surface area contributed by atoms with E-state index < -0.39 is 11.6 Å². The second kappa shape index (κ2) is 7.91. The Morgan fingerprint density at radius 1 is 1.04 bits per heavy atom. The maximum atomic E-state index is 13.3. The first kappa shape index (κ1) is 19.3. The largest absolute Gasteiger partial charge is 0.350 e. The number of carbonyl (C=O) groups is 2. The summed E-state index contributed by atoms with van der Waals surface area (Å²) in [5.41, 5.74) is -0.275. The number of nitrogens with zero attached hydrogens (tertiary/aromatic N) is 2. The molecule has 7 heteroatoms. The van der Waals surface area contributed by atoms with E-state index in [0.717, 1.165) is 18.2 Å². The summed E-state index contributed by atoms with van der Waals surface area (Å²) in [6, 6.07) is 2.84. The predicted molar refractivity (Wildman–Crippen MR) is 91.2 cm³/mol. The number of amides is 2. The van der Waals surface area contributed by atoms with E-state index in [9.17, 15) is 18.4 Å². The topological polar surface area (TPSA) is 52.7 Å². The summed E-state index contributed by atoms with van der Waals surface area (Å²) in [5.74, 6) is -1.98. The molecular weight excluding hydrogens is 328 g/mol. The molecule has 1 heterocycles. The van der Waals surface area contributed by atoms with Crippen molar-refractivity contribution in [2.45, 2.75) is 32.7 Å². The first-order chi connectivity index (χ1) is 11.6. The van der Waals surface area contributed by atoms with Crippen LogP contribution < -0.4 is 5.32 Å². The average molecular weight is 353 g/mol. The van der Waals surface area contributed by atoms with Crippen molar-refractivity contribution < 1.29 is 18.4 Å². The van der Waals surface area contributed by atoms with Crippen LogP contribution in [0, 0.1) is 11.6 Å². The molecule has 0 radical (unpaired) electrons. The second-order valence-electron chi connectivity index (χ2n) is 7.38. The Balaban J connectivity index is 1.94. The predicted octanol–water partition coefficient (Wildman–Crippen LogP) is 2.03. The van der Waals surface area contributed by atoms with Crippen LogP contribution in [0.1, 0.15) is 37.6 Å². The molecule has 0 aromatic heterocycles. The highest BCUT2D eigenvalue weighted by molar-refractivity contribution is 5.94. The van der Waals surface area contributed by atoms with Crippen LogP contribution >= 0.6 is 0 Å². The number of hydrogen-bond acceptors (Lipinski definition) is 3. The fourth-order valence-corrected chi connectivity index (χ4v) is 2.85. The van der Waals surface area contributed by atoms with Gasteiger partial charge >= 0.3 is 0 Å². The molecule has 0 bridgehead atoms. The molecule has 5 nitrogen and oxygen atoms in total. The van der Waals surface area contributed by atoms with Gasteiger partial charge in [-0.05, 0) is 39.3 Å². The lowest BCUT2D eigenvalue weighted by Crippen LogP contribution is -2.46. The van der Waals surface area contributed by atoms with Crippen molar-refractivity contribution in [2.24, 2.45) is 0 Å². The van der Waals surface area contributed by atoms with E-state index in [-0.39, 0.29) is 29.5 Å². The molecule has 1 aliphatic rings. The molecule has 0 aliphatic carbocycles. The van der Waals surface area contributed by atoms with Gasteiger partial charge in [0.2, 0.25) is 5.91 Å². The average Bonchev–Trinajstić information content (AvgIpc) is 2.69. The van der Waals surface area contributed by atoms with E-state index in [1.165, 1.54) is 0 Å². The molecule has 1 aromatic rings. The van der Waals surface area contributed by atoms with Crippen molar-refractivity contribution in [3.05, 3.63) is 35.4 Å². The molecule has 0 atom stereocenters. The van der Waals surface area contributed by atoms with E-state index in [0.29, 0.717) is 32.6 Å². The fraction of sp³-hybridized carbons (Fsp3) is 0.556. The van der Waals surface area contributed by atoms with Crippen molar-refractivity contribution in [3.8, 4) is 0 Å². The summed E-state index contributed by atoms with van der Waals surface area (Å²) < 4.78 is 26.6. The van der Waals surface area contributed by atoms with Crippen LogP contribution in [0.15, 0.2) is 18.2 Å². The molecule has 138 valence electrons. The van der Waals surface area contributed by atoms with Crippen LogP contribution in [0.4, 0.5) is 8.78 Å². The van der Waals surface area contributed by atoms with Crippen LogP contribution in [0.5, 0.6) is 0 Å². The third-order valence-electron chi connectivity index (χ3n) is 3.87. The number of halogens is 2. The van der Waals surface area contributed by atoms with Crippen LogP contribution in [0.3, 0.4) is 0 Å². The number of benzene rings is 1. The van der Waals surface area contributed by atoms with Crippen LogP contribution in [0.2, 0.25) is 0 Å². The van der Waals surface area contributed by atoms with Crippen LogP contribution in [0.25, 0.3) is 0 Å². The summed E-state index contributed by atoms with van der Waals surface area (Å²) in [7, 11) is 0. The van der Waals surface area contributed by atoms with Crippen molar-refractivity contribution in [1.82, 2.24) is 15.1 Å². The highest BCUT2D eigenvalue weighted by atomic mass is 19.1. The van der Waals surface area contributed by atoms with E-state index in [1.54, 1.807) is 4.90 Å². The smallest absolute Gasteiger partial charge is 0.254 e. The fourth-order valence-electron chi connectivity index (χ4n) is 2.85. The Morgan fingerprint density at radius 3 is 2.28 bits per heavy atom. The molecule has 1 saturated heterocycles. The summed E-state index contributed by atoms with van der Waals surface area (Å²) in [5, 5.41) is 2.91. The molecule has 0 saturated carbocycles. The Labute approximate surface area is 147 Å². The first-order valence-corrected chi connectivity index (χ1v) is 8.43. The summed E-state index contributed by atoms with van der Waals surface area (Å²) in [6.45, 7) is 8.19. The van der Waals surface area contributed by atoms with Gasteiger partial charge in [-0.1, -0.05) is 0 Å². The van der Waals surface area contributed by atoms with Gasteiger partial charge in [0.05, 0.1) is 6.54 Å². The Bertz CT molecular complexity index is 623. The number of rotatable bonds is 3. The minimum atomic E-state index is -0.765. The van der Waals surface area contributed by atoms with Crippen LogP contribution in [-0.2, 0) is 4.79 Å². The standard InChI is InChI=1S/C18H25F2N3O2/c1-18(2,3)21-16(24)12-22-5-4-6-23(8-7-22)17(25)13-9-14(19)11-15(20)10-13/h9-11H,4-8,12H2,1-3H3,(H,21,24). The van der Waals surface area contributed by atoms with Gasteiger partial charge in [-0.2, -0.15) is 0 Å². The van der Waals surface area contributed by atoms with Crippen molar-refractivity contribution >= 4 is 11.8 Å². The number of nitrogens with one attached hydrogen (secondary N) is 1. The first-order valence-electron chi connectivity index (χ1n) is 8.43. The molecule has 0 unspecified atom stereocenters. The highest BCUT2D eigenvalue weighted by Gasteiger charge is 2.23. The van der Waals surface area contributed by atoms with E-state index in [1.807, 2.05) is 25.7 Å². The summed E-state index contributed by atoms with van der Waals surface area (Å²) >= 11 is 0. The minimum Gasteiger partial charge on any atom is -0.350 e. The quantitative estimate of drug-likeness (QED) is 0.905. The highest BCUT2D eigenvalue weighted by Crippen LogP contribution is 2.13. The van der Waals surface area contributed by atoms with Crippen LogP contribution in [-0.4, -0.2) is 59.9 Å². The zero-order valence-corrected chi connectivity index (χ0v) is 14.9. The third-order valence-corrected chi connectivity index (χ3v) is 3.87. The van der Waals surface area contributed by atoms with Gasteiger partial charge in [0.1, 0.15) is 11.6 Å². The molecule has 1 aliphatic heterocycles. The lowest BCUT2D eigenvalue weighted by atomic mass is 10.1. The molecule has 25 heavy (non-hydrogen) atoms. The van der Waals surface area contributed by atoms with Gasteiger partial charge in [0, 0.05) is 43.3 Å². The monoisotopic (exact) mass is 353 g/mol. The van der Waals surface area contributed by atoms with E-state index >= 15 is 0 Å². The Hall–Kier alpha value is -2.02. The summed E-state index contributed by atoms with van der Waals surface area (Å²) in [4.78, 5) is 28.1. The second-order valence-corrected chi connectivity index (χ2v) is 7.38. The molecular formula is C18H25F2N3O2. The zero-order chi connectivity index (χ0) is 18.6. The Kier molecular flexibility index (Phi) is 6.11. The number of hydrogen-bond donors (Lipinski definition) is 1. The molecule has 1 aromatic carbocycles. The maximum absolute atomic E-state index is 13.3. The van der Waals surface area contributed by atoms with E-state index in [4.69, 9.17) is 0 Å². The van der Waals surface area contributed by atoms with E-state index in [2.05, 4.69) is 5.32 Å². The third kappa shape index (κ3) is 6.08. The Morgan fingerprint density at radius 2 is 1.68 bits per heavy atom. The maximum Gasteiger partial charge on any atom is 0.254 e. The van der Waals surface area contributed by atoms with Crippen molar-refractivity contribution in [1.29, 1.82) is 0 Å². The van der Waals surface area contributed by atoms with Gasteiger partial charge in [-0.15, -0.1) is 0 Å². The molecule has 1 fully saturated rings. The molecule has 0 spiro atoms. The molecule has 2 amide bonds. The lowest BCUT2D eigenvalue weighted by Gasteiger charge is -2.25. The SMILES string of the molecule is CC(C)(C)NC(=O)CN1CCCN(C(=O)c2cc(F)cc(F)c2)CC1. The number of carbonyl (C=O) groups excluding carboxylic acids is 2. The van der Waals surface area contributed by atoms with Gasteiger partial charge in [-0.25, -0.2) is 8.78 Å². The summed E-state index contributed by atoms with van der Waals surface area (Å²) in [6.07, 6.45) is 0.701. The van der Waals surface area contributed by atoms with Gasteiger partial charge in [0.15, 0.2) is 0 Å². The minimum absolute atomic E-state index is 0.0106. The normalized spacial score (nSPS) is 16.4. The molecule has 1 N–H and O–H groups in total. The van der Waals surface area contributed by atoms with Gasteiger partial charge in [0.25, 0.3) is 5.91 Å². The van der Waals surface area contributed by atoms with Gasteiger partial charge < -0.3 is 10.2 Å². The van der Waals surface area contributed by atoms with Crippen molar-refractivity contribution in [2.75, 3.05) is 32.7 Å². The zero-order valence-electron chi connectivity index (χ0n) is 14.9.